The maximum absolute atomic E-state index is 13.1. The highest BCUT2D eigenvalue weighted by Gasteiger charge is 2.26. The maximum Gasteiger partial charge on any atom is 0.275 e. The molecule has 1 aromatic heterocycles. The number of nitrogens with zero attached hydrogens (tertiary/aromatic N) is 3. The molecular formula is C25H28N4O3. The quantitative estimate of drug-likeness (QED) is 0.684. The van der Waals surface area contributed by atoms with E-state index in [0.717, 1.165) is 35.1 Å². The van der Waals surface area contributed by atoms with Gasteiger partial charge in [0.1, 0.15) is 6.54 Å². The van der Waals surface area contributed by atoms with Crippen molar-refractivity contribution >= 4 is 28.3 Å². The minimum Gasteiger partial charge on any atom is -0.338 e. The molecule has 0 radical (unpaired) electrons. The van der Waals surface area contributed by atoms with E-state index in [0.29, 0.717) is 28.5 Å². The smallest absolute Gasteiger partial charge is 0.275 e. The zero-order chi connectivity index (χ0) is 22.8. The Bertz CT molecular complexity index is 1220. The van der Waals surface area contributed by atoms with Crippen molar-refractivity contribution in [1.29, 1.82) is 0 Å². The number of benzene rings is 2. The van der Waals surface area contributed by atoms with Crippen LogP contribution < -0.4 is 10.9 Å². The minimum absolute atomic E-state index is 0.0219. The van der Waals surface area contributed by atoms with Crippen molar-refractivity contribution in [1.82, 2.24) is 14.7 Å². The van der Waals surface area contributed by atoms with Crippen molar-refractivity contribution in [2.75, 3.05) is 18.4 Å². The van der Waals surface area contributed by atoms with Gasteiger partial charge in [-0.15, -0.1) is 0 Å². The lowest BCUT2D eigenvalue weighted by Gasteiger charge is -2.35. The third-order valence-corrected chi connectivity index (χ3v) is 5.97. The molecule has 7 nitrogen and oxygen atoms in total. The molecule has 1 N–H and O–H groups in total. The molecule has 7 heteroatoms. The number of aryl methyl sites for hydroxylation is 1. The van der Waals surface area contributed by atoms with E-state index in [1.54, 1.807) is 30.5 Å². The number of rotatable bonds is 4. The summed E-state index contributed by atoms with van der Waals surface area (Å²) in [4.78, 5) is 40.3. The number of nitrogens with one attached hydrogen (secondary N) is 1. The van der Waals surface area contributed by atoms with Crippen LogP contribution in [-0.2, 0) is 11.3 Å². The summed E-state index contributed by atoms with van der Waals surface area (Å²) in [5, 5.41) is 8.21. The Morgan fingerprint density at radius 3 is 2.56 bits per heavy atom. The SMILES string of the molecule is Cc1ccc(C(=O)N2CC(C)CC(C)C2)cc1NC(=O)Cn1ncc2ccccc2c1=O. The first-order valence-electron chi connectivity index (χ1n) is 11.0. The Morgan fingerprint density at radius 2 is 1.81 bits per heavy atom. The monoisotopic (exact) mass is 432 g/mol. The van der Waals surface area contributed by atoms with E-state index in [1.807, 2.05) is 30.0 Å². The second-order valence-corrected chi connectivity index (χ2v) is 8.93. The van der Waals surface area contributed by atoms with Crippen LogP contribution in [-0.4, -0.2) is 39.6 Å². The van der Waals surface area contributed by atoms with E-state index >= 15 is 0 Å². The molecule has 0 aliphatic carbocycles. The van der Waals surface area contributed by atoms with Gasteiger partial charge in [-0.1, -0.05) is 38.1 Å². The molecule has 4 rings (SSSR count). The van der Waals surface area contributed by atoms with Crippen molar-refractivity contribution < 1.29 is 9.59 Å². The fourth-order valence-corrected chi connectivity index (χ4v) is 4.47. The number of carbonyl (C=O) groups excluding carboxylic acids is 2. The Balaban J connectivity index is 1.51. The Hall–Kier alpha value is -3.48. The highest BCUT2D eigenvalue weighted by atomic mass is 16.2. The molecule has 0 bridgehead atoms. The first-order valence-corrected chi connectivity index (χ1v) is 11.0. The van der Waals surface area contributed by atoms with Crippen LogP contribution in [0.4, 0.5) is 5.69 Å². The summed E-state index contributed by atoms with van der Waals surface area (Å²) in [6.45, 7) is 7.49. The van der Waals surface area contributed by atoms with Crippen LogP contribution in [0.5, 0.6) is 0 Å². The fraction of sp³-hybridized carbons (Fsp3) is 0.360. The summed E-state index contributed by atoms with van der Waals surface area (Å²) in [6, 6.07) is 12.5. The van der Waals surface area contributed by atoms with Crippen molar-refractivity contribution in [2.24, 2.45) is 11.8 Å². The average Bonchev–Trinajstić information content (AvgIpc) is 2.76. The van der Waals surface area contributed by atoms with Gasteiger partial charge in [0.2, 0.25) is 5.91 Å². The normalized spacial score (nSPS) is 18.5. The lowest BCUT2D eigenvalue weighted by atomic mass is 9.91. The van der Waals surface area contributed by atoms with Gasteiger partial charge < -0.3 is 10.2 Å². The zero-order valence-corrected chi connectivity index (χ0v) is 18.7. The van der Waals surface area contributed by atoms with Crippen LogP contribution >= 0.6 is 0 Å². The number of hydrogen-bond acceptors (Lipinski definition) is 4. The van der Waals surface area contributed by atoms with Gasteiger partial charge in [0.15, 0.2) is 0 Å². The van der Waals surface area contributed by atoms with Gasteiger partial charge in [0.25, 0.3) is 11.5 Å². The number of likely N-dealkylation sites (tertiary alicyclic amines) is 1. The van der Waals surface area contributed by atoms with Crippen molar-refractivity contribution in [2.45, 2.75) is 33.7 Å². The zero-order valence-electron chi connectivity index (χ0n) is 18.7. The molecule has 32 heavy (non-hydrogen) atoms. The fourth-order valence-electron chi connectivity index (χ4n) is 4.47. The standard InChI is InChI=1S/C25H28N4O3/c1-16-10-17(2)14-28(13-16)24(31)19-9-8-18(3)22(11-19)27-23(30)15-29-25(32)21-7-5-4-6-20(21)12-26-29/h4-9,11-12,16-17H,10,13-15H2,1-3H3,(H,27,30). The van der Waals surface area contributed by atoms with E-state index in [4.69, 9.17) is 0 Å². The summed E-state index contributed by atoms with van der Waals surface area (Å²) in [5.41, 5.74) is 1.64. The van der Waals surface area contributed by atoms with E-state index < -0.39 is 0 Å². The summed E-state index contributed by atoms with van der Waals surface area (Å²) >= 11 is 0. The maximum atomic E-state index is 13.1. The number of anilines is 1. The first-order chi connectivity index (χ1) is 15.3. The molecule has 1 aliphatic rings. The Morgan fingerprint density at radius 1 is 1.09 bits per heavy atom. The Kier molecular flexibility index (Phi) is 6.08. The minimum atomic E-state index is -0.372. The first kappa shape index (κ1) is 21.7. The Labute approximate surface area is 187 Å². The molecule has 1 fully saturated rings. The highest BCUT2D eigenvalue weighted by molar-refractivity contribution is 5.98. The van der Waals surface area contributed by atoms with E-state index in [-0.39, 0.29) is 23.9 Å². The molecule has 2 aromatic carbocycles. The molecule has 0 saturated carbocycles. The van der Waals surface area contributed by atoms with Gasteiger partial charge in [-0.05, 0) is 48.9 Å². The molecule has 2 amide bonds. The second kappa shape index (κ2) is 8.94. The summed E-state index contributed by atoms with van der Waals surface area (Å²) in [7, 11) is 0. The van der Waals surface area contributed by atoms with Crippen LogP contribution in [0.1, 0.15) is 36.2 Å². The van der Waals surface area contributed by atoms with Crippen LogP contribution in [0.3, 0.4) is 0 Å². The van der Waals surface area contributed by atoms with Gasteiger partial charge in [-0.3, -0.25) is 14.4 Å². The van der Waals surface area contributed by atoms with Crippen LogP contribution in [0.15, 0.2) is 53.5 Å². The predicted molar refractivity (Wildman–Crippen MR) is 125 cm³/mol. The molecular weight excluding hydrogens is 404 g/mol. The van der Waals surface area contributed by atoms with Gasteiger partial charge in [-0.25, -0.2) is 4.68 Å². The van der Waals surface area contributed by atoms with Gasteiger partial charge in [0, 0.05) is 29.7 Å². The van der Waals surface area contributed by atoms with Crippen molar-refractivity contribution in [3.05, 3.63) is 70.1 Å². The number of aromatic nitrogens is 2. The molecule has 1 saturated heterocycles. The number of amides is 2. The summed E-state index contributed by atoms with van der Waals surface area (Å²) in [5.74, 6) is 0.550. The lowest BCUT2D eigenvalue weighted by Crippen LogP contribution is -2.42. The van der Waals surface area contributed by atoms with Crippen molar-refractivity contribution in [3.8, 4) is 0 Å². The van der Waals surface area contributed by atoms with Gasteiger partial charge >= 0.3 is 0 Å². The molecule has 2 atom stereocenters. The third kappa shape index (κ3) is 4.56. The molecule has 166 valence electrons. The average molecular weight is 433 g/mol. The number of carbonyl (C=O) groups is 2. The lowest BCUT2D eigenvalue weighted by molar-refractivity contribution is -0.117. The number of hydrogen-bond donors (Lipinski definition) is 1. The molecule has 1 aliphatic heterocycles. The van der Waals surface area contributed by atoms with Crippen LogP contribution in [0.25, 0.3) is 10.8 Å². The number of fused-ring (bicyclic) bond motifs is 1. The van der Waals surface area contributed by atoms with Gasteiger partial charge in [-0.2, -0.15) is 5.10 Å². The molecule has 2 heterocycles. The van der Waals surface area contributed by atoms with Gasteiger partial charge in [0.05, 0.1) is 11.6 Å². The third-order valence-electron chi connectivity index (χ3n) is 5.97. The molecule has 3 aromatic rings. The van der Waals surface area contributed by atoms with E-state index in [1.165, 1.54) is 0 Å². The number of piperidine rings is 1. The summed E-state index contributed by atoms with van der Waals surface area (Å²) in [6.07, 6.45) is 2.70. The topological polar surface area (TPSA) is 84.3 Å². The van der Waals surface area contributed by atoms with Crippen LogP contribution in [0.2, 0.25) is 0 Å². The molecule has 2 unspecified atom stereocenters. The predicted octanol–water partition coefficient (Wildman–Crippen LogP) is 3.46. The summed E-state index contributed by atoms with van der Waals surface area (Å²) < 4.78 is 1.15. The highest BCUT2D eigenvalue weighted by Crippen LogP contribution is 2.24. The van der Waals surface area contributed by atoms with E-state index in [9.17, 15) is 14.4 Å². The molecule has 0 spiro atoms. The van der Waals surface area contributed by atoms with E-state index in [2.05, 4.69) is 24.3 Å². The second-order valence-electron chi connectivity index (χ2n) is 8.93. The van der Waals surface area contributed by atoms with Crippen LogP contribution in [0, 0.1) is 18.8 Å². The van der Waals surface area contributed by atoms with Crippen molar-refractivity contribution in [3.63, 3.8) is 0 Å². The largest absolute Gasteiger partial charge is 0.338 e.